The van der Waals surface area contributed by atoms with Crippen LogP contribution in [0.5, 0.6) is 0 Å². The van der Waals surface area contributed by atoms with Gasteiger partial charge in [0.1, 0.15) is 0 Å². The Bertz CT molecular complexity index is 745. The number of hydrogen-bond acceptors (Lipinski definition) is 5. The fourth-order valence-electron chi connectivity index (χ4n) is 2.62. The van der Waals surface area contributed by atoms with E-state index in [1.54, 1.807) is 6.92 Å². The van der Waals surface area contributed by atoms with Gasteiger partial charge in [-0.25, -0.2) is 0 Å². The monoisotopic (exact) mass is 327 g/mol. The molecule has 1 aliphatic rings. The second kappa shape index (κ2) is 7.16. The van der Waals surface area contributed by atoms with E-state index < -0.39 is 11.8 Å². The smallest absolute Gasteiger partial charge is 0.227 e. The fraction of sp³-hybridized carbons (Fsp3) is 0.235. The molecule has 3 N–H and O–H groups in total. The number of hydrogen-bond donors (Lipinski definition) is 2. The molecule has 0 fully saturated rings. The van der Waals surface area contributed by atoms with Crippen LogP contribution < -0.4 is 11.1 Å². The van der Waals surface area contributed by atoms with E-state index in [1.165, 1.54) is 18.7 Å². The molecule has 0 radical (unpaired) electrons. The van der Waals surface area contributed by atoms with Crippen molar-refractivity contribution in [1.29, 1.82) is 5.26 Å². The first-order valence-corrected chi connectivity index (χ1v) is 8.03. The Morgan fingerprint density at radius 2 is 2.00 bits per heavy atom. The van der Waals surface area contributed by atoms with Gasteiger partial charge in [0.05, 0.1) is 28.3 Å². The molecule has 2 rings (SSSR count). The molecule has 0 spiro atoms. The summed E-state index contributed by atoms with van der Waals surface area (Å²) in [5.74, 6) is -0.916. The van der Waals surface area contributed by atoms with Crippen molar-refractivity contribution in [1.82, 2.24) is 5.32 Å². The highest BCUT2D eigenvalue weighted by Gasteiger charge is 2.32. The van der Waals surface area contributed by atoms with Gasteiger partial charge >= 0.3 is 0 Å². The van der Waals surface area contributed by atoms with Gasteiger partial charge in [0.15, 0.2) is 5.78 Å². The Kier molecular flexibility index (Phi) is 5.24. The van der Waals surface area contributed by atoms with Crippen molar-refractivity contribution in [3.63, 3.8) is 0 Å². The molecule has 1 heterocycles. The third-order valence-corrected chi connectivity index (χ3v) is 4.56. The van der Waals surface area contributed by atoms with Crippen LogP contribution in [0.25, 0.3) is 0 Å². The van der Waals surface area contributed by atoms with Gasteiger partial charge in [-0.2, -0.15) is 5.26 Å². The van der Waals surface area contributed by atoms with Crippen molar-refractivity contribution in [2.45, 2.75) is 19.8 Å². The number of nitriles is 1. The van der Waals surface area contributed by atoms with Crippen LogP contribution in [0, 0.1) is 11.3 Å². The van der Waals surface area contributed by atoms with E-state index in [-0.39, 0.29) is 11.5 Å². The summed E-state index contributed by atoms with van der Waals surface area (Å²) < 4.78 is 0. The summed E-state index contributed by atoms with van der Waals surface area (Å²) in [6, 6.07) is 11.6. The fourth-order valence-corrected chi connectivity index (χ4v) is 3.45. The van der Waals surface area contributed by atoms with Gasteiger partial charge in [0.2, 0.25) is 5.91 Å². The first kappa shape index (κ1) is 16.8. The van der Waals surface area contributed by atoms with E-state index in [2.05, 4.69) is 11.4 Å². The average Bonchev–Trinajstić information content (AvgIpc) is 2.52. The van der Waals surface area contributed by atoms with Gasteiger partial charge in [0, 0.05) is 11.3 Å². The van der Waals surface area contributed by atoms with Crippen molar-refractivity contribution < 1.29 is 9.59 Å². The number of nitrogens with two attached hydrogens (primary N) is 1. The molecule has 0 aromatic heterocycles. The van der Waals surface area contributed by atoms with E-state index >= 15 is 0 Å². The second-order valence-corrected chi connectivity index (χ2v) is 6.16. The van der Waals surface area contributed by atoms with Crippen LogP contribution in [-0.4, -0.2) is 17.4 Å². The second-order valence-electron chi connectivity index (χ2n) is 5.17. The molecule has 1 aromatic rings. The number of nitrogens with zero attached hydrogens (tertiary/aromatic N) is 1. The Morgan fingerprint density at radius 1 is 1.35 bits per heavy atom. The zero-order chi connectivity index (χ0) is 17.0. The van der Waals surface area contributed by atoms with E-state index in [4.69, 9.17) is 5.73 Å². The van der Waals surface area contributed by atoms with Gasteiger partial charge in [-0.3, -0.25) is 9.59 Å². The molecule has 5 nitrogen and oxygen atoms in total. The quantitative estimate of drug-likeness (QED) is 0.864. The summed E-state index contributed by atoms with van der Waals surface area (Å²) in [5, 5.41) is 13.3. The van der Waals surface area contributed by atoms with E-state index in [1.807, 2.05) is 30.3 Å². The maximum atomic E-state index is 12.1. The number of dihydropyridines is 1. The Balaban J connectivity index is 2.56. The lowest BCUT2D eigenvalue weighted by Crippen LogP contribution is -2.27. The van der Waals surface area contributed by atoms with E-state index in [0.717, 1.165) is 5.56 Å². The van der Waals surface area contributed by atoms with E-state index in [0.29, 0.717) is 21.9 Å². The number of allylic oxidation sites excluding steroid dienone is 3. The number of Topliss-reactive ketones (excluding diaryl/α,β-unsaturated/α-hetero) is 1. The summed E-state index contributed by atoms with van der Waals surface area (Å²) in [5.41, 5.74) is 7.75. The minimum atomic E-state index is -0.461. The van der Waals surface area contributed by atoms with Gasteiger partial charge in [-0.15, -0.1) is 0 Å². The Hall–Kier alpha value is -2.52. The highest BCUT2D eigenvalue weighted by atomic mass is 32.2. The number of rotatable bonds is 5. The summed E-state index contributed by atoms with van der Waals surface area (Å²) in [7, 11) is 0. The number of carbonyl (C=O) groups excluding carboxylic acids is 2. The Morgan fingerprint density at radius 3 is 2.52 bits per heavy atom. The van der Waals surface area contributed by atoms with Crippen LogP contribution in [-0.2, 0) is 9.59 Å². The molecule has 23 heavy (non-hydrogen) atoms. The number of primary amides is 1. The lowest BCUT2D eigenvalue weighted by Gasteiger charge is -2.29. The molecule has 1 aromatic carbocycles. The van der Waals surface area contributed by atoms with Crippen LogP contribution in [0.15, 0.2) is 52.2 Å². The molecule has 118 valence electrons. The van der Waals surface area contributed by atoms with Crippen LogP contribution in [0.1, 0.15) is 25.3 Å². The van der Waals surface area contributed by atoms with Gasteiger partial charge in [-0.1, -0.05) is 42.1 Å². The van der Waals surface area contributed by atoms with Crippen molar-refractivity contribution in [3.8, 4) is 6.07 Å². The number of thioether (sulfide) groups is 1. The lowest BCUT2D eigenvalue weighted by atomic mass is 9.81. The van der Waals surface area contributed by atoms with Crippen molar-refractivity contribution in [2.24, 2.45) is 5.73 Å². The topological polar surface area (TPSA) is 96.0 Å². The average molecular weight is 327 g/mol. The normalized spacial score (nSPS) is 17.5. The Labute approximate surface area is 139 Å². The molecule has 0 saturated heterocycles. The summed E-state index contributed by atoms with van der Waals surface area (Å²) in [6.45, 7) is 3.29. The summed E-state index contributed by atoms with van der Waals surface area (Å²) in [6.07, 6.45) is 0. The summed E-state index contributed by atoms with van der Waals surface area (Å²) in [4.78, 5) is 23.2. The SMILES string of the molecule is CC(=O)C1=C(C)NC(SCC(N)=O)=C(C#N)[C@@H]1c1ccccc1. The molecule has 0 aliphatic carbocycles. The number of amides is 1. The van der Waals surface area contributed by atoms with Gasteiger partial charge in [0.25, 0.3) is 0 Å². The highest BCUT2D eigenvalue weighted by Crippen LogP contribution is 2.40. The minimum Gasteiger partial charge on any atom is -0.369 e. The predicted molar refractivity (Wildman–Crippen MR) is 90.0 cm³/mol. The van der Waals surface area contributed by atoms with Crippen molar-refractivity contribution >= 4 is 23.5 Å². The number of ketones is 1. The third kappa shape index (κ3) is 3.63. The maximum Gasteiger partial charge on any atom is 0.227 e. The number of benzene rings is 1. The van der Waals surface area contributed by atoms with Gasteiger partial charge < -0.3 is 11.1 Å². The molecular weight excluding hydrogens is 310 g/mol. The molecule has 6 heteroatoms. The standard InChI is InChI=1S/C17H17N3O2S/c1-10-15(11(2)21)16(12-6-4-3-5-7-12)13(8-18)17(20-10)23-9-14(19)22/h3-7,16,20H,9H2,1-2H3,(H2,19,22)/t16-/m0/s1. The summed E-state index contributed by atoms with van der Waals surface area (Å²) >= 11 is 1.18. The lowest BCUT2D eigenvalue weighted by molar-refractivity contribution is -0.115. The third-order valence-electron chi connectivity index (χ3n) is 3.52. The van der Waals surface area contributed by atoms with E-state index in [9.17, 15) is 14.9 Å². The van der Waals surface area contributed by atoms with Crippen molar-refractivity contribution in [3.05, 3.63) is 57.8 Å². The molecule has 0 bridgehead atoms. The van der Waals surface area contributed by atoms with Crippen LogP contribution in [0.2, 0.25) is 0 Å². The minimum absolute atomic E-state index is 0.0672. The zero-order valence-corrected chi connectivity index (χ0v) is 13.7. The molecule has 0 saturated carbocycles. The molecule has 1 aliphatic heterocycles. The van der Waals surface area contributed by atoms with Crippen molar-refractivity contribution in [2.75, 3.05) is 5.75 Å². The maximum absolute atomic E-state index is 12.1. The first-order valence-electron chi connectivity index (χ1n) is 7.04. The largest absolute Gasteiger partial charge is 0.369 e. The number of carbonyl (C=O) groups is 2. The first-order chi connectivity index (χ1) is 11.0. The zero-order valence-electron chi connectivity index (χ0n) is 12.9. The molecule has 1 amide bonds. The highest BCUT2D eigenvalue weighted by molar-refractivity contribution is 8.03. The van der Waals surface area contributed by atoms with Crippen LogP contribution in [0.4, 0.5) is 0 Å². The molecule has 1 atom stereocenters. The van der Waals surface area contributed by atoms with Gasteiger partial charge in [-0.05, 0) is 19.4 Å². The van der Waals surface area contributed by atoms with Crippen LogP contribution >= 0.6 is 11.8 Å². The predicted octanol–water partition coefficient (Wildman–Crippen LogP) is 2.19. The van der Waals surface area contributed by atoms with Crippen LogP contribution in [0.3, 0.4) is 0 Å². The molecular formula is C17H17N3O2S. The number of nitrogens with one attached hydrogen (secondary N) is 1. The molecule has 0 unspecified atom stereocenters.